The largest absolute Gasteiger partial charge is 0.289 e. The molecule has 1 aromatic rings. The SMILES string of the molecule is CC1(F)C=CC(C(=O)c2ccccc2)=CC1. The van der Waals surface area contributed by atoms with Crippen molar-refractivity contribution in [2.75, 3.05) is 0 Å². The molecule has 1 nitrogen and oxygen atoms in total. The molecule has 0 spiro atoms. The summed E-state index contributed by atoms with van der Waals surface area (Å²) in [5.41, 5.74) is -0.109. The molecule has 2 heteroatoms. The maximum absolute atomic E-state index is 13.5. The van der Waals surface area contributed by atoms with Crippen molar-refractivity contribution < 1.29 is 9.18 Å². The van der Waals surface area contributed by atoms with Crippen LogP contribution in [0.4, 0.5) is 4.39 Å². The third-order valence-electron chi connectivity index (χ3n) is 2.63. The second-order valence-corrected chi connectivity index (χ2v) is 4.17. The van der Waals surface area contributed by atoms with Crippen molar-refractivity contribution in [1.29, 1.82) is 0 Å². The molecule has 16 heavy (non-hydrogen) atoms. The standard InChI is InChI=1S/C14H13FO/c1-14(15)9-7-12(8-10-14)13(16)11-5-3-2-4-6-11/h2-9H,10H2,1H3. The van der Waals surface area contributed by atoms with Crippen molar-refractivity contribution in [2.24, 2.45) is 0 Å². The van der Waals surface area contributed by atoms with E-state index in [-0.39, 0.29) is 12.2 Å². The fourth-order valence-electron chi connectivity index (χ4n) is 1.63. The highest BCUT2D eigenvalue weighted by Gasteiger charge is 2.23. The lowest BCUT2D eigenvalue weighted by Crippen LogP contribution is -2.17. The molecule has 0 saturated carbocycles. The molecule has 1 aliphatic rings. The fourth-order valence-corrected chi connectivity index (χ4v) is 1.63. The van der Waals surface area contributed by atoms with Gasteiger partial charge in [0.2, 0.25) is 0 Å². The Morgan fingerprint density at radius 2 is 2.00 bits per heavy atom. The van der Waals surface area contributed by atoms with E-state index in [9.17, 15) is 9.18 Å². The van der Waals surface area contributed by atoms with Gasteiger partial charge in [-0.25, -0.2) is 4.39 Å². The molecule has 0 aliphatic heterocycles. The van der Waals surface area contributed by atoms with E-state index in [2.05, 4.69) is 0 Å². The molecular weight excluding hydrogens is 203 g/mol. The Kier molecular flexibility index (Phi) is 2.73. The Morgan fingerprint density at radius 1 is 1.31 bits per heavy atom. The number of ketones is 1. The van der Waals surface area contributed by atoms with Crippen LogP contribution in [0.2, 0.25) is 0 Å². The maximum atomic E-state index is 13.5. The van der Waals surface area contributed by atoms with E-state index in [1.165, 1.54) is 13.0 Å². The van der Waals surface area contributed by atoms with E-state index in [0.29, 0.717) is 11.1 Å². The van der Waals surface area contributed by atoms with Crippen molar-refractivity contribution in [1.82, 2.24) is 0 Å². The van der Waals surface area contributed by atoms with Crippen LogP contribution in [0.15, 0.2) is 54.1 Å². The van der Waals surface area contributed by atoms with Gasteiger partial charge < -0.3 is 0 Å². The second kappa shape index (κ2) is 4.05. The number of benzene rings is 1. The molecule has 82 valence electrons. The normalized spacial score (nSPS) is 24.0. The first-order chi connectivity index (χ1) is 7.58. The van der Waals surface area contributed by atoms with E-state index in [4.69, 9.17) is 0 Å². The Balaban J connectivity index is 2.20. The van der Waals surface area contributed by atoms with E-state index in [1.807, 2.05) is 18.2 Å². The van der Waals surface area contributed by atoms with Crippen LogP contribution in [-0.2, 0) is 0 Å². The predicted octanol–water partition coefficient (Wildman–Crippen LogP) is 3.48. The molecule has 0 heterocycles. The van der Waals surface area contributed by atoms with E-state index >= 15 is 0 Å². The van der Waals surface area contributed by atoms with Crippen LogP contribution in [0.25, 0.3) is 0 Å². The van der Waals surface area contributed by atoms with Gasteiger partial charge in [-0.05, 0) is 13.0 Å². The molecule has 0 saturated heterocycles. The second-order valence-electron chi connectivity index (χ2n) is 4.17. The predicted molar refractivity (Wildman–Crippen MR) is 62.1 cm³/mol. The van der Waals surface area contributed by atoms with Crippen molar-refractivity contribution in [3.63, 3.8) is 0 Å². The summed E-state index contributed by atoms with van der Waals surface area (Å²) in [6.07, 6.45) is 4.94. The molecular formula is C14H13FO. The summed E-state index contributed by atoms with van der Waals surface area (Å²) in [6.45, 7) is 1.50. The van der Waals surface area contributed by atoms with Gasteiger partial charge in [0.1, 0.15) is 5.67 Å². The molecule has 1 aliphatic carbocycles. The van der Waals surface area contributed by atoms with Gasteiger partial charge in [-0.1, -0.05) is 42.5 Å². The van der Waals surface area contributed by atoms with Crippen molar-refractivity contribution in [2.45, 2.75) is 19.0 Å². The third-order valence-corrected chi connectivity index (χ3v) is 2.63. The van der Waals surface area contributed by atoms with Gasteiger partial charge in [-0.3, -0.25) is 4.79 Å². The van der Waals surface area contributed by atoms with Gasteiger partial charge in [0.05, 0.1) is 0 Å². The summed E-state index contributed by atoms with van der Waals surface area (Å²) < 4.78 is 13.5. The van der Waals surface area contributed by atoms with Crippen LogP contribution in [0.1, 0.15) is 23.7 Å². The van der Waals surface area contributed by atoms with Gasteiger partial charge in [0.25, 0.3) is 0 Å². The first kappa shape index (κ1) is 10.8. The Hall–Kier alpha value is -1.70. The molecule has 0 bridgehead atoms. The smallest absolute Gasteiger partial charge is 0.192 e. The van der Waals surface area contributed by atoms with Gasteiger partial charge in [-0.2, -0.15) is 0 Å². The fraction of sp³-hybridized carbons (Fsp3) is 0.214. The van der Waals surface area contributed by atoms with Crippen LogP contribution in [-0.4, -0.2) is 11.5 Å². The minimum atomic E-state index is -1.32. The molecule has 0 radical (unpaired) electrons. The molecule has 1 unspecified atom stereocenters. The van der Waals surface area contributed by atoms with Gasteiger partial charge in [-0.15, -0.1) is 0 Å². The Morgan fingerprint density at radius 3 is 2.56 bits per heavy atom. The first-order valence-corrected chi connectivity index (χ1v) is 5.26. The minimum Gasteiger partial charge on any atom is -0.289 e. The number of Topliss-reactive ketones (excluding diaryl/α,β-unsaturated/α-hetero) is 1. The van der Waals surface area contributed by atoms with Gasteiger partial charge >= 0.3 is 0 Å². The zero-order valence-corrected chi connectivity index (χ0v) is 9.11. The highest BCUT2D eigenvalue weighted by atomic mass is 19.1. The van der Waals surface area contributed by atoms with Crippen LogP contribution in [0, 0.1) is 0 Å². The monoisotopic (exact) mass is 216 g/mol. The number of hydrogen-bond donors (Lipinski definition) is 0. The van der Waals surface area contributed by atoms with Crippen LogP contribution in [0.3, 0.4) is 0 Å². The summed E-state index contributed by atoms with van der Waals surface area (Å²) in [6, 6.07) is 9.03. The van der Waals surface area contributed by atoms with Crippen molar-refractivity contribution in [3.8, 4) is 0 Å². The Bertz CT molecular complexity index is 455. The Labute approximate surface area is 94.3 Å². The summed E-state index contributed by atoms with van der Waals surface area (Å²) in [7, 11) is 0. The average Bonchev–Trinajstić information content (AvgIpc) is 2.29. The average molecular weight is 216 g/mol. The highest BCUT2D eigenvalue weighted by Crippen LogP contribution is 2.25. The maximum Gasteiger partial charge on any atom is 0.192 e. The highest BCUT2D eigenvalue weighted by molar-refractivity contribution is 6.10. The van der Waals surface area contributed by atoms with Gasteiger partial charge in [0.15, 0.2) is 5.78 Å². The zero-order chi connectivity index (χ0) is 11.6. The number of carbonyl (C=O) groups excluding carboxylic acids is 1. The molecule has 0 amide bonds. The number of allylic oxidation sites excluding steroid dienone is 4. The third kappa shape index (κ3) is 2.27. The van der Waals surface area contributed by atoms with E-state index < -0.39 is 5.67 Å². The summed E-state index contributed by atoms with van der Waals surface area (Å²) >= 11 is 0. The lowest BCUT2D eigenvalue weighted by atomic mass is 9.92. The number of alkyl halides is 1. The lowest BCUT2D eigenvalue weighted by Gasteiger charge is -2.18. The van der Waals surface area contributed by atoms with Crippen molar-refractivity contribution >= 4 is 5.78 Å². The van der Waals surface area contributed by atoms with Crippen molar-refractivity contribution in [3.05, 3.63) is 59.7 Å². The van der Waals surface area contributed by atoms with E-state index in [1.54, 1.807) is 24.3 Å². The zero-order valence-electron chi connectivity index (χ0n) is 9.11. The summed E-state index contributed by atoms with van der Waals surface area (Å²) in [5, 5.41) is 0. The summed E-state index contributed by atoms with van der Waals surface area (Å²) in [5.74, 6) is -0.0487. The van der Waals surface area contributed by atoms with Crippen LogP contribution in [0.5, 0.6) is 0 Å². The molecule has 1 atom stereocenters. The topological polar surface area (TPSA) is 17.1 Å². The molecule has 2 rings (SSSR count). The molecule has 0 aromatic heterocycles. The molecule has 0 fully saturated rings. The number of rotatable bonds is 2. The number of halogens is 1. The van der Waals surface area contributed by atoms with Gasteiger partial charge in [0, 0.05) is 17.6 Å². The lowest BCUT2D eigenvalue weighted by molar-refractivity contribution is 0.103. The first-order valence-electron chi connectivity index (χ1n) is 5.26. The quantitative estimate of drug-likeness (QED) is 0.692. The van der Waals surface area contributed by atoms with Crippen LogP contribution < -0.4 is 0 Å². The molecule has 0 N–H and O–H groups in total. The molecule has 1 aromatic carbocycles. The number of carbonyl (C=O) groups is 1. The minimum absolute atomic E-state index is 0.0487. The summed E-state index contributed by atoms with van der Waals surface area (Å²) in [4.78, 5) is 12.0. The van der Waals surface area contributed by atoms with Crippen LogP contribution >= 0.6 is 0 Å². The number of hydrogen-bond acceptors (Lipinski definition) is 1. The van der Waals surface area contributed by atoms with E-state index in [0.717, 1.165) is 0 Å².